The fourth-order valence-electron chi connectivity index (χ4n) is 2.43. The minimum absolute atomic E-state index is 0.268. The Balaban J connectivity index is 2.19. The molecule has 6 heteroatoms. The van der Waals surface area contributed by atoms with Crippen molar-refractivity contribution in [1.29, 1.82) is 0 Å². The second-order valence-electron chi connectivity index (χ2n) is 5.33. The van der Waals surface area contributed by atoms with Gasteiger partial charge in [0.05, 0.1) is 11.5 Å². The van der Waals surface area contributed by atoms with Gasteiger partial charge >= 0.3 is 0 Å². The standard InChI is InChI=1S/C14H22N2O3S/c1-10-5-11(2)14(6-13(10)7-15)20(17,18)16-8-12-3-4-19-9-12/h5-6,12,16H,3-4,7-9,15H2,1-2H3. The highest BCUT2D eigenvalue weighted by atomic mass is 32.2. The van der Waals surface area contributed by atoms with Crippen LogP contribution in [0.2, 0.25) is 0 Å². The Kier molecular flexibility index (Phi) is 4.80. The van der Waals surface area contributed by atoms with Crippen LogP contribution in [0.15, 0.2) is 17.0 Å². The maximum atomic E-state index is 12.4. The van der Waals surface area contributed by atoms with E-state index in [1.165, 1.54) is 0 Å². The Hall–Kier alpha value is -0.950. The van der Waals surface area contributed by atoms with Crippen LogP contribution in [0.3, 0.4) is 0 Å². The molecule has 20 heavy (non-hydrogen) atoms. The van der Waals surface area contributed by atoms with Gasteiger partial charge in [-0.15, -0.1) is 0 Å². The van der Waals surface area contributed by atoms with Crippen molar-refractivity contribution < 1.29 is 13.2 Å². The lowest BCUT2D eigenvalue weighted by atomic mass is 10.1. The lowest BCUT2D eigenvalue weighted by Crippen LogP contribution is -2.30. The first-order chi connectivity index (χ1) is 9.44. The molecule has 1 unspecified atom stereocenters. The summed E-state index contributed by atoms with van der Waals surface area (Å²) in [6, 6.07) is 3.55. The number of ether oxygens (including phenoxy) is 1. The van der Waals surface area contributed by atoms with Gasteiger partial charge in [0.15, 0.2) is 0 Å². The number of aryl methyl sites for hydroxylation is 2. The smallest absolute Gasteiger partial charge is 0.240 e. The van der Waals surface area contributed by atoms with Gasteiger partial charge in [-0.2, -0.15) is 0 Å². The second-order valence-corrected chi connectivity index (χ2v) is 7.07. The van der Waals surface area contributed by atoms with Gasteiger partial charge in [0, 0.05) is 19.7 Å². The van der Waals surface area contributed by atoms with Crippen molar-refractivity contribution in [2.24, 2.45) is 11.7 Å². The summed E-state index contributed by atoms with van der Waals surface area (Å²) in [5.41, 5.74) is 8.28. The van der Waals surface area contributed by atoms with Gasteiger partial charge in [0.25, 0.3) is 0 Å². The lowest BCUT2D eigenvalue weighted by Gasteiger charge is -2.14. The molecule has 1 fully saturated rings. The van der Waals surface area contributed by atoms with Crippen LogP contribution in [0.4, 0.5) is 0 Å². The van der Waals surface area contributed by atoms with Crippen molar-refractivity contribution in [2.75, 3.05) is 19.8 Å². The van der Waals surface area contributed by atoms with Gasteiger partial charge < -0.3 is 10.5 Å². The van der Waals surface area contributed by atoms with Crippen LogP contribution in [-0.4, -0.2) is 28.2 Å². The molecular weight excluding hydrogens is 276 g/mol. The average molecular weight is 298 g/mol. The number of nitrogens with two attached hydrogens (primary N) is 1. The predicted octanol–water partition coefficient (Wildman–Crippen LogP) is 1.08. The Morgan fingerprint density at radius 3 is 2.70 bits per heavy atom. The molecule has 0 aromatic heterocycles. The van der Waals surface area contributed by atoms with Crippen LogP contribution >= 0.6 is 0 Å². The number of hydrogen-bond donors (Lipinski definition) is 2. The summed E-state index contributed by atoms with van der Waals surface area (Å²) >= 11 is 0. The molecule has 1 aliphatic rings. The van der Waals surface area contributed by atoms with E-state index in [9.17, 15) is 8.42 Å². The molecule has 112 valence electrons. The molecule has 2 rings (SSSR count). The summed E-state index contributed by atoms with van der Waals surface area (Å²) in [6.45, 7) is 5.85. The first-order valence-electron chi connectivity index (χ1n) is 6.81. The number of benzene rings is 1. The summed E-state index contributed by atoms with van der Waals surface area (Å²) < 4.78 is 32.7. The van der Waals surface area contributed by atoms with Gasteiger partial charge in [-0.05, 0) is 48.9 Å². The summed E-state index contributed by atoms with van der Waals surface area (Å²) in [5.74, 6) is 0.268. The number of nitrogens with one attached hydrogen (secondary N) is 1. The van der Waals surface area contributed by atoms with Crippen LogP contribution in [0, 0.1) is 19.8 Å². The zero-order valence-corrected chi connectivity index (χ0v) is 12.8. The molecular formula is C14H22N2O3S. The van der Waals surface area contributed by atoms with Crippen molar-refractivity contribution in [3.8, 4) is 0 Å². The first kappa shape index (κ1) is 15.4. The highest BCUT2D eigenvalue weighted by Gasteiger charge is 2.22. The molecule has 0 radical (unpaired) electrons. The Labute approximate surface area is 120 Å². The molecule has 1 heterocycles. The van der Waals surface area contributed by atoms with Crippen molar-refractivity contribution >= 4 is 10.0 Å². The summed E-state index contributed by atoms with van der Waals surface area (Å²) in [6.07, 6.45) is 0.906. The van der Waals surface area contributed by atoms with Gasteiger partial charge in [0.1, 0.15) is 0 Å². The van der Waals surface area contributed by atoms with Crippen LogP contribution in [-0.2, 0) is 21.3 Å². The predicted molar refractivity (Wildman–Crippen MR) is 77.9 cm³/mol. The van der Waals surface area contributed by atoms with Gasteiger partial charge in [-0.25, -0.2) is 13.1 Å². The fourth-order valence-corrected chi connectivity index (χ4v) is 3.82. The molecule has 0 saturated carbocycles. The molecule has 1 aromatic carbocycles. The molecule has 5 nitrogen and oxygen atoms in total. The van der Waals surface area contributed by atoms with E-state index in [4.69, 9.17) is 10.5 Å². The summed E-state index contributed by atoms with van der Waals surface area (Å²) in [4.78, 5) is 0.322. The third-order valence-corrected chi connectivity index (χ3v) is 5.29. The average Bonchev–Trinajstić information content (AvgIpc) is 2.89. The summed E-state index contributed by atoms with van der Waals surface area (Å²) in [5, 5.41) is 0. The normalized spacial score (nSPS) is 19.4. The highest BCUT2D eigenvalue weighted by molar-refractivity contribution is 7.89. The van der Waals surface area contributed by atoms with E-state index < -0.39 is 10.0 Å². The van der Waals surface area contributed by atoms with Crippen LogP contribution < -0.4 is 10.5 Å². The van der Waals surface area contributed by atoms with Gasteiger partial charge in [-0.1, -0.05) is 6.07 Å². The van der Waals surface area contributed by atoms with E-state index in [-0.39, 0.29) is 5.92 Å². The van der Waals surface area contributed by atoms with E-state index >= 15 is 0 Å². The second kappa shape index (κ2) is 6.22. The molecule has 0 bridgehead atoms. The van der Waals surface area contributed by atoms with E-state index in [1.807, 2.05) is 13.0 Å². The maximum Gasteiger partial charge on any atom is 0.240 e. The molecule has 1 aromatic rings. The zero-order valence-electron chi connectivity index (χ0n) is 12.0. The highest BCUT2D eigenvalue weighted by Crippen LogP contribution is 2.21. The van der Waals surface area contributed by atoms with Crippen molar-refractivity contribution in [3.05, 3.63) is 28.8 Å². The minimum atomic E-state index is -3.49. The molecule has 0 spiro atoms. The number of sulfonamides is 1. The Bertz CT molecular complexity index is 578. The lowest BCUT2D eigenvalue weighted by molar-refractivity contribution is 0.186. The monoisotopic (exact) mass is 298 g/mol. The fraction of sp³-hybridized carbons (Fsp3) is 0.571. The first-order valence-corrected chi connectivity index (χ1v) is 8.30. The summed E-state index contributed by atoms with van der Waals surface area (Å²) in [7, 11) is -3.49. The quantitative estimate of drug-likeness (QED) is 0.852. The van der Waals surface area contributed by atoms with E-state index in [0.29, 0.717) is 31.2 Å². The molecule has 1 atom stereocenters. The van der Waals surface area contributed by atoms with Gasteiger partial charge in [0.2, 0.25) is 10.0 Å². The third kappa shape index (κ3) is 3.38. The van der Waals surface area contributed by atoms with Crippen molar-refractivity contribution in [3.63, 3.8) is 0 Å². The van der Waals surface area contributed by atoms with Crippen LogP contribution in [0.1, 0.15) is 23.1 Å². The Morgan fingerprint density at radius 2 is 2.10 bits per heavy atom. The molecule has 1 saturated heterocycles. The third-order valence-electron chi connectivity index (χ3n) is 3.73. The van der Waals surface area contributed by atoms with E-state index in [1.54, 1.807) is 13.0 Å². The number of rotatable bonds is 5. The molecule has 0 aliphatic carbocycles. The minimum Gasteiger partial charge on any atom is -0.381 e. The Morgan fingerprint density at radius 1 is 1.35 bits per heavy atom. The van der Waals surface area contributed by atoms with Crippen molar-refractivity contribution in [2.45, 2.75) is 31.7 Å². The molecule has 0 amide bonds. The molecule has 1 aliphatic heterocycles. The number of hydrogen-bond acceptors (Lipinski definition) is 4. The van der Waals surface area contributed by atoms with Crippen LogP contribution in [0.5, 0.6) is 0 Å². The maximum absolute atomic E-state index is 12.4. The van der Waals surface area contributed by atoms with E-state index in [0.717, 1.165) is 23.1 Å². The van der Waals surface area contributed by atoms with Crippen LogP contribution in [0.25, 0.3) is 0 Å². The largest absolute Gasteiger partial charge is 0.381 e. The van der Waals surface area contributed by atoms with Crippen molar-refractivity contribution in [1.82, 2.24) is 4.72 Å². The van der Waals surface area contributed by atoms with E-state index in [2.05, 4.69) is 4.72 Å². The topological polar surface area (TPSA) is 81.4 Å². The van der Waals surface area contributed by atoms with Gasteiger partial charge in [-0.3, -0.25) is 0 Å². The zero-order chi connectivity index (χ0) is 14.8. The SMILES string of the molecule is Cc1cc(C)c(S(=O)(=O)NCC2CCOC2)cc1CN. The molecule has 3 N–H and O–H groups in total.